The average Bonchev–Trinajstić information content (AvgIpc) is 3.55. The first-order chi connectivity index (χ1) is 21.0. The Balaban J connectivity index is 1.56. The Morgan fingerprint density at radius 2 is 1.23 bits per heavy atom. The van der Waals surface area contributed by atoms with Crippen LogP contribution in [0.2, 0.25) is 0 Å². The van der Waals surface area contributed by atoms with E-state index in [9.17, 15) is 0 Å². The summed E-state index contributed by atoms with van der Waals surface area (Å²) in [5.41, 5.74) is 15.3. The SMILES string of the molecule is C=C/C(C)=C(/C)C(=C)N1c2cccc3c2N(c2ccccc2-n2c4ccccc4c4cccc(c42)-c2ccccc2-3)[C@@H]1C. The van der Waals surface area contributed by atoms with Gasteiger partial charge < -0.3 is 14.4 Å². The highest BCUT2D eigenvalue weighted by molar-refractivity contribution is 6.16. The zero-order valence-corrected chi connectivity index (χ0v) is 24.8. The lowest BCUT2D eigenvalue weighted by atomic mass is 9.91. The van der Waals surface area contributed by atoms with E-state index in [0.29, 0.717) is 0 Å². The van der Waals surface area contributed by atoms with E-state index in [1.54, 1.807) is 0 Å². The molecular formula is C40H33N3. The molecule has 1 atom stereocenters. The Bertz CT molecular complexity index is 2180. The van der Waals surface area contributed by atoms with Crippen molar-refractivity contribution >= 4 is 38.9 Å². The van der Waals surface area contributed by atoms with Crippen LogP contribution < -0.4 is 9.80 Å². The molecule has 8 rings (SSSR count). The van der Waals surface area contributed by atoms with Crippen LogP contribution in [0.25, 0.3) is 49.7 Å². The molecule has 0 saturated heterocycles. The van der Waals surface area contributed by atoms with Crippen LogP contribution in [0.4, 0.5) is 17.1 Å². The Morgan fingerprint density at radius 3 is 2.02 bits per heavy atom. The Kier molecular flexibility index (Phi) is 5.54. The molecule has 5 aromatic carbocycles. The fourth-order valence-electron chi connectivity index (χ4n) is 7.25. The molecule has 6 aromatic rings. The van der Waals surface area contributed by atoms with Crippen LogP contribution in [-0.4, -0.2) is 10.7 Å². The molecule has 0 saturated carbocycles. The summed E-state index contributed by atoms with van der Waals surface area (Å²) in [5, 5.41) is 2.52. The van der Waals surface area contributed by atoms with Crippen molar-refractivity contribution in [1.82, 2.24) is 4.57 Å². The number of aromatic nitrogens is 1. The Hall–Kier alpha value is -5.28. The zero-order valence-electron chi connectivity index (χ0n) is 24.8. The molecule has 0 aliphatic carbocycles. The van der Waals surface area contributed by atoms with E-state index in [2.05, 4.69) is 157 Å². The first-order valence-electron chi connectivity index (χ1n) is 14.9. The van der Waals surface area contributed by atoms with Crippen LogP contribution in [-0.2, 0) is 0 Å². The summed E-state index contributed by atoms with van der Waals surface area (Å²) in [6.07, 6.45) is 1.90. The molecule has 3 heteroatoms. The molecule has 2 aliphatic rings. The van der Waals surface area contributed by atoms with E-state index in [-0.39, 0.29) is 6.17 Å². The van der Waals surface area contributed by atoms with Crippen molar-refractivity contribution in [2.24, 2.45) is 0 Å². The number of anilines is 3. The van der Waals surface area contributed by atoms with Gasteiger partial charge in [0.25, 0.3) is 0 Å². The molecule has 0 spiro atoms. The van der Waals surface area contributed by atoms with Crippen molar-refractivity contribution < 1.29 is 0 Å². The van der Waals surface area contributed by atoms with Crippen molar-refractivity contribution in [1.29, 1.82) is 0 Å². The third kappa shape index (κ3) is 3.42. The minimum atomic E-state index is -0.0171. The third-order valence-corrected chi connectivity index (χ3v) is 9.47. The predicted octanol–water partition coefficient (Wildman–Crippen LogP) is 10.8. The lowest BCUT2D eigenvalue weighted by molar-refractivity contribution is 0.736. The fourth-order valence-corrected chi connectivity index (χ4v) is 7.25. The number of allylic oxidation sites excluding steroid dienone is 3. The molecule has 3 nitrogen and oxygen atoms in total. The second kappa shape index (κ2) is 9.37. The molecule has 1 aromatic heterocycles. The first kappa shape index (κ1) is 25.4. The summed E-state index contributed by atoms with van der Waals surface area (Å²) in [5.74, 6) is 0. The highest BCUT2D eigenvalue weighted by Crippen LogP contribution is 2.55. The van der Waals surface area contributed by atoms with Gasteiger partial charge in [0.05, 0.1) is 33.8 Å². The molecular weight excluding hydrogens is 522 g/mol. The van der Waals surface area contributed by atoms with Gasteiger partial charge >= 0.3 is 0 Å². The predicted molar refractivity (Wildman–Crippen MR) is 183 cm³/mol. The van der Waals surface area contributed by atoms with Gasteiger partial charge in [0.15, 0.2) is 0 Å². The highest BCUT2D eigenvalue weighted by atomic mass is 15.4. The van der Waals surface area contributed by atoms with Crippen molar-refractivity contribution in [2.75, 3.05) is 9.80 Å². The number of para-hydroxylation sites is 5. The van der Waals surface area contributed by atoms with Gasteiger partial charge in [-0.1, -0.05) is 104 Å². The maximum atomic E-state index is 4.64. The number of hydrogen-bond donors (Lipinski definition) is 0. The molecule has 3 heterocycles. The minimum Gasteiger partial charge on any atom is -0.319 e. The second-order valence-corrected chi connectivity index (χ2v) is 11.6. The molecule has 0 radical (unpaired) electrons. The van der Waals surface area contributed by atoms with Crippen molar-refractivity contribution in [3.8, 4) is 27.9 Å². The van der Waals surface area contributed by atoms with Crippen molar-refractivity contribution in [2.45, 2.75) is 26.9 Å². The number of nitrogens with zero attached hydrogens (tertiary/aromatic N) is 3. The van der Waals surface area contributed by atoms with Crippen molar-refractivity contribution in [3.63, 3.8) is 0 Å². The number of rotatable bonds is 3. The summed E-state index contributed by atoms with van der Waals surface area (Å²) >= 11 is 0. The molecule has 0 amide bonds. The van der Waals surface area contributed by atoms with E-state index >= 15 is 0 Å². The maximum absolute atomic E-state index is 4.64. The van der Waals surface area contributed by atoms with Crippen molar-refractivity contribution in [3.05, 3.63) is 145 Å². The van der Waals surface area contributed by atoms with Crippen LogP contribution in [0.15, 0.2) is 145 Å². The second-order valence-electron chi connectivity index (χ2n) is 11.6. The van der Waals surface area contributed by atoms with Crippen LogP contribution >= 0.6 is 0 Å². The third-order valence-electron chi connectivity index (χ3n) is 9.47. The lowest BCUT2D eigenvalue weighted by Gasteiger charge is -2.34. The molecule has 0 N–H and O–H groups in total. The van der Waals surface area contributed by atoms with Gasteiger partial charge in [0, 0.05) is 27.6 Å². The lowest BCUT2D eigenvalue weighted by Crippen LogP contribution is -2.38. The smallest absolute Gasteiger partial charge is 0.108 e. The minimum absolute atomic E-state index is 0.0171. The highest BCUT2D eigenvalue weighted by Gasteiger charge is 2.39. The van der Waals surface area contributed by atoms with E-state index in [4.69, 9.17) is 0 Å². The van der Waals surface area contributed by atoms with Gasteiger partial charge in [-0.25, -0.2) is 0 Å². The largest absolute Gasteiger partial charge is 0.319 e. The normalized spacial score (nSPS) is 15.6. The van der Waals surface area contributed by atoms with Gasteiger partial charge in [0.1, 0.15) is 6.17 Å². The Morgan fingerprint density at radius 1 is 0.651 bits per heavy atom. The van der Waals surface area contributed by atoms with Gasteiger partial charge in [-0.2, -0.15) is 0 Å². The topological polar surface area (TPSA) is 11.4 Å². The maximum Gasteiger partial charge on any atom is 0.108 e. The van der Waals surface area contributed by atoms with Gasteiger partial charge in [-0.15, -0.1) is 0 Å². The van der Waals surface area contributed by atoms with Crippen LogP contribution in [0.3, 0.4) is 0 Å². The zero-order chi connectivity index (χ0) is 29.4. The summed E-state index contributed by atoms with van der Waals surface area (Å²) in [7, 11) is 0. The molecule has 43 heavy (non-hydrogen) atoms. The van der Waals surface area contributed by atoms with Gasteiger partial charge in [-0.3, -0.25) is 0 Å². The number of hydrogen-bond acceptors (Lipinski definition) is 2. The van der Waals surface area contributed by atoms with Crippen LogP contribution in [0.1, 0.15) is 20.8 Å². The molecule has 0 fully saturated rings. The van der Waals surface area contributed by atoms with E-state index in [1.807, 2.05) is 6.08 Å². The van der Waals surface area contributed by atoms with Gasteiger partial charge in [-0.05, 0) is 67.3 Å². The molecule has 0 bridgehead atoms. The quantitative estimate of drug-likeness (QED) is 0.201. The standard InChI is InChI=1S/C40H33N3/c1-6-25(2)26(3)27(4)41-28(5)42-36-22-11-12-23-37(36)43-35-21-10-9-17-31(35)34-19-13-18-32(39(34)43)29-15-7-8-16-30(29)33-20-14-24-38(41)40(33)42/h6-24,28H,1,4H2,2-3,5H3/b26-25-/t28-/m1/s1. The fraction of sp³-hybridized carbons (Fsp3) is 0.100. The number of benzene rings is 5. The summed E-state index contributed by atoms with van der Waals surface area (Å²) in [6.45, 7) is 15.2. The Labute approximate surface area is 252 Å². The molecule has 0 unspecified atom stereocenters. The first-order valence-corrected chi connectivity index (χ1v) is 14.9. The molecule has 2 aliphatic heterocycles. The van der Waals surface area contributed by atoms with Crippen LogP contribution in [0, 0.1) is 0 Å². The van der Waals surface area contributed by atoms with E-state index < -0.39 is 0 Å². The number of fused-ring (bicyclic) bond motifs is 9. The van der Waals surface area contributed by atoms with E-state index in [1.165, 1.54) is 49.7 Å². The summed E-state index contributed by atoms with van der Waals surface area (Å²) in [6, 6.07) is 40.0. The van der Waals surface area contributed by atoms with Gasteiger partial charge in [0.2, 0.25) is 0 Å². The van der Waals surface area contributed by atoms with E-state index in [0.717, 1.165) is 33.9 Å². The molecule has 208 valence electrons. The van der Waals surface area contributed by atoms with Crippen LogP contribution in [0.5, 0.6) is 0 Å². The average molecular weight is 556 g/mol. The summed E-state index contributed by atoms with van der Waals surface area (Å²) < 4.78 is 2.48. The monoisotopic (exact) mass is 555 g/mol. The summed E-state index contributed by atoms with van der Waals surface area (Å²) in [4.78, 5) is 4.92.